The zero-order valence-corrected chi connectivity index (χ0v) is 20.8. The molecule has 1 aromatic carbocycles. The third kappa shape index (κ3) is 6.04. The fourth-order valence-corrected chi connectivity index (χ4v) is 4.95. The van der Waals surface area contributed by atoms with Gasteiger partial charge in [0.05, 0.1) is 0 Å². The van der Waals surface area contributed by atoms with E-state index in [9.17, 15) is 14.9 Å². The standard InChI is InChI=1S/C22H21AsN8O4/c1-2-35-21(32)18-12-26-22(24-10-9-23-19-8-7-17(11-25-19)31(33)34)29-20(18)15-3-5-16(6-4-15)30-13-27-28-14-30/h3-8,11-14,23H,2,9-10H2,1H3,(H,24,26,29). The molecule has 178 valence electrons. The first-order valence-corrected chi connectivity index (χ1v) is 13.2. The third-order valence-corrected chi connectivity index (χ3v) is 7.24. The van der Waals surface area contributed by atoms with Crippen molar-refractivity contribution in [1.29, 1.82) is 0 Å². The number of anilines is 1. The molecule has 0 radical (unpaired) electrons. The second kappa shape index (κ2) is 11.3. The SMILES string of the molecule is CCOC(=O)c1cnc(NCC[AsH]c2ccc([N+](=O)[O-])cn2)nc1-c1ccc(-n2cnnc2)cc1. The molecule has 0 aliphatic carbocycles. The van der Waals surface area contributed by atoms with Crippen LogP contribution >= 0.6 is 0 Å². The molecule has 3 heterocycles. The van der Waals surface area contributed by atoms with Crippen molar-refractivity contribution >= 4 is 37.8 Å². The maximum atomic E-state index is 12.5. The predicted molar refractivity (Wildman–Crippen MR) is 129 cm³/mol. The molecule has 13 heteroatoms. The van der Waals surface area contributed by atoms with E-state index in [1.807, 2.05) is 24.3 Å². The van der Waals surface area contributed by atoms with Crippen molar-refractivity contribution in [2.45, 2.75) is 12.1 Å². The number of pyridine rings is 1. The van der Waals surface area contributed by atoms with Crippen LogP contribution in [0.5, 0.6) is 0 Å². The van der Waals surface area contributed by atoms with Gasteiger partial charge in [-0.2, -0.15) is 0 Å². The number of nitrogens with one attached hydrogen (secondary N) is 1. The Balaban J connectivity index is 1.47. The van der Waals surface area contributed by atoms with Gasteiger partial charge < -0.3 is 0 Å². The number of aromatic nitrogens is 6. The van der Waals surface area contributed by atoms with Crippen molar-refractivity contribution < 1.29 is 14.5 Å². The van der Waals surface area contributed by atoms with Crippen molar-refractivity contribution in [3.8, 4) is 16.9 Å². The molecule has 0 spiro atoms. The molecule has 4 aromatic rings. The van der Waals surface area contributed by atoms with Gasteiger partial charge in [0, 0.05) is 0 Å². The van der Waals surface area contributed by atoms with E-state index in [0.717, 1.165) is 20.9 Å². The molecule has 0 amide bonds. The summed E-state index contributed by atoms with van der Waals surface area (Å²) in [4.78, 5) is 35.8. The topological polar surface area (TPSA) is 151 Å². The molecular formula is C22H21AsN8O4. The first-order valence-electron chi connectivity index (χ1n) is 10.6. The van der Waals surface area contributed by atoms with Gasteiger partial charge in [0.15, 0.2) is 0 Å². The fraction of sp³-hybridized carbons (Fsp3) is 0.182. The van der Waals surface area contributed by atoms with Crippen LogP contribution < -0.4 is 9.80 Å². The van der Waals surface area contributed by atoms with Gasteiger partial charge in [-0.05, 0) is 0 Å². The van der Waals surface area contributed by atoms with Crippen molar-refractivity contribution in [3.05, 3.63) is 77.1 Å². The number of hydrogen-bond donors (Lipinski definition) is 1. The van der Waals surface area contributed by atoms with Gasteiger partial charge in [0.1, 0.15) is 0 Å². The molecule has 0 bridgehead atoms. The zero-order chi connectivity index (χ0) is 24.6. The van der Waals surface area contributed by atoms with Gasteiger partial charge in [-0.1, -0.05) is 0 Å². The number of benzene rings is 1. The Morgan fingerprint density at radius 2 is 1.89 bits per heavy atom. The molecule has 35 heavy (non-hydrogen) atoms. The summed E-state index contributed by atoms with van der Waals surface area (Å²) in [6, 6.07) is 10.6. The number of carbonyl (C=O) groups excluding carboxylic acids is 1. The Morgan fingerprint density at radius 1 is 1.11 bits per heavy atom. The Hall–Kier alpha value is -4.18. The number of esters is 1. The predicted octanol–water partition coefficient (Wildman–Crippen LogP) is 1.80. The van der Waals surface area contributed by atoms with Crippen molar-refractivity contribution in [1.82, 2.24) is 29.7 Å². The average molecular weight is 536 g/mol. The molecule has 0 aliphatic rings. The number of ether oxygens (including phenoxy) is 1. The van der Waals surface area contributed by atoms with Crippen LogP contribution in [0.1, 0.15) is 17.3 Å². The summed E-state index contributed by atoms with van der Waals surface area (Å²) in [6.07, 6.45) is 5.94. The Labute approximate surface area is 206 Å². The van der Waals surface area contributed by atoms with Gasteiger partial charge >= 0.3 is 196 Å². The fourth-order valence-electron chi connectivity index (χ4n) is 3.13. The second-order valence-electron chi connectivity index (χ2n) is 7.10. The van der Waals surface area contributed by atoms with Gasteiger partial charge in [-0.3, -0.25) is 0 Å². The van der Waals surface area contributed by atoms with Crippen LogP contribution in [0.2, 0.25) is 5.21 Å². The Morgan fingerprint density at radius 3 is 2.54 bits per heavy atom. The first kappa shape index (κ1) is 24.0. The number of hydrogen-bond acceptors (Lipinski definition) is 10. The summed E-state index contributed by atoms with van der Waals surface area (Å²) in [5.74, 6) is -0.105. The zero-order valence-electron chi connectivity index (χ0n) is 18.7. The number of nitrogens with zero attached hydrogens (tertiary/aromatic N) is 7. The molecule has 0 fully saturated rings. The summed E-state index contributed by atoms with van der Waals surface area (Å²) >= 11 is -0.585. The molecule has 4 rings (SSSR count). The summed E-state index contributed by atoms with van der Waals surface area (Å²) in [5.41, 5.74) is 2.32. The maximum absolute atomic E-state index is 12.5. The molecule has 12 nitrogen and oxygen atoms in total. The van der Waals surface area contributed by atoms with Crippen LogP contribution in [0.4, 0.5) is 11.6 Å². The first-order chi connectivity index (χ1) is 17.0. The molecule has 1 N–H and O–H groups in total. The van der Waals surface area contributed by atoms with Crippen LogP contribution in [0.3, 0.4) is 0 Å². The minimum atomic E-state index is -0.585. The molecule has 1 unspecified atom stereocenters. The van der Waals surface area contributed by atoms with E-state index >= 15 is 0 Å². The number of rotatable bonds is 10. The van der Waals surface area contributed by atoms with Gasteiger partial charge in [-0.15, -0.1) is 10.2 Å². The number of nitro groups is 1. The molecule has 3 aromatic heterocycles. The molecule has 0 saturated carbocycles. The quantitative estimate of drug-likeness (QED) is 0.104. The molecule has 1 atom stereocenters. The van der Waals surface area contributed by atoms with Crippen LogP contribution in [-0.4, -0.2) is 69.5 Å². The Bertz CT molecular complexity index is 1300. The van der Waals surface area contributed by atoms with E-state index in [-0.39, 0.29) is 17.9 Å². The third-order valence-electron chi connectivity index (χ3n) is 4.81. The van der Waals surface area contributed by atoms with Crippen molar-refractivity contribution in [2.75, 3.05) is 18.5 Å². The van der Waals surface area contributed by atoms with Crippen LogP contribution in [0.15, 0.2) is 61.4 Å². The van der Waals surface area contributed by atoms with Gasteiger partial charge in [-0.25, -0.2) is 0 Å². The summed E-state index contributed by atoms with van der Waals surface area (Å²) in [6.45, 7) is 2.58. The normalized spacial score (nSPS) is 11.0. The van der Waals surface area contributed by atoms with E-state index in [1.54, 1.807) is 30.2 Å². The monoisotopic (exact) mass is 536 g/mol. The number of carbonyl (C=O) groups is 1. The second-order valence-corrected chi connectivity index (χ2v) is 9.97. The van der Waals surface area contributed by atoms with E-state index in [1.165, 1.54) is 18.5 Å². The summed E-state index contributed by atoms with van der Waals surface area (Å²) in [5, 5.41) is 22.4. The van der Waals surface area contributed by atoms with Gasteiger partial charge in [0.2, 0.25) is 0 Å². The molecular weight excluding hydrogens is 515 g/mol. The molecule has 0 aliphatic heterocycles. The Kier molecular flexibility index (Phi) is 7.73. The van der Waals surface area contributed by atoms with Gasteiger partial charge in [0.25, 0.3) is 0 Å². The minimum absolute atomic E-state index is 0.0178. The molecule has 0 saturated heterocycles. The summed E-state index contributed by atoms with van der Waals surface area (Å²) in [7, 11) is 0. The van der Waals surface area contributed by atoms with E-state index < -0.39 is 26.6 Å². The van der Waals surface area contributed by atoms with E-state index in [0.29, 0.717) is 18.2 Å². The van der Waals surface area contributed by atoms with E-state index in [4.69, 9.17) is 4.74 Å². The van der Waals surface area contributed by atoms with Crippen LogP contribution in [0.25, 0.3) is 16.9 Å². The average Bonchev–Trinajstić information content (AvgIpc) is 3.42. The van der Waals surface area contributed by atoms with E-state index in [2.05, 4.69) is 30.5 Å². The van der Waals surface area contributed by atoms with Crippen LogP contribution in [0, 0.1) is 10.1 Å². The van der Waals surface area contributed by atoms with Crippen molar-refractivity contribution in [3.63, 3.8) is 0 Å². The van der Waals surface area contributed by atoms with Crippen LogP contribution in [-0.2, 0) is 4.74 Å². The van der Waals surface area contributed by atoms with Crippen molar-refractivity contribution in [2.24, 2.45) is 0 Å². The summed E-state index contributed by atoms with van der Waals surface area (Å²) < 4.78 is 7.83.